The minimum atomic E-state index is 0.362. The second kappa shape index (κ2) is 6.89. The standard InChI is InChI=1S/C15H21N/c1-4-6-8-11-14(3)16(5-2)15-12-9-7-10-13-15/h5,7-12,15H,2-4,6,13H2,1H3/b11-8-. The van der Waals surface area contributed by atoms with Crippen LogP contribution in [0.2, 0.25) is 0 Å². The molecule has 0 heterocycles. The van der Waals surface area contributed by atoms with E-state index in [2.05, 4.69) is 61.4 Å². The fraction of sp³-hybridized carbons (Fsp3) is 0.333. The Morgan fingerprint density at radius 3 is 2.88 bits per heavy atom. The van der Waals surface area contributed by atoms with Crippen LogP contribution in [0.25, 0.3) is 0 Å². The first-order valence-corrected chi connectivity index (χ1v) is 5.89. The third-order valence-corrected chi connectivity index (χ3v) is 2.61. The van der Waals surface area contributed by atoms with Gasteiger partial charge in [0.05, 0.1) is 6.04 Å². The van der Waals surface area contributed by atoms with Gasteiger partial charge in [-0.05, 0) is 25.1 Å². The van der Waals surface area contributed by atoms with Crippen molar-refractivity contribution < 1.29 is 0 Å². The van der Waals surface area contributed by atoms with Crippen molar-refractivity contribution in [1.82, 2.24) is 4.90 Å². The largest absolute Gasteiger partial charge is 0.342 e. The fourth-order valence-electron chi connectivity index (χ4n) is 1.71. The van der Waals surface area contributed by atoms with Gasteiger partial charge < -0.3 is 4.90 Å². The number of hydrogen-bond donors (Lipinski definition) is 0. The molecule has 0 spiro atoms. The molecule has 1 unspecified atom stereocenters. The van der Waals surface area contributed by atoms with Gasteiger partial charge in [0.2, 0.25) is 0 Å². The molecule has 0 N–H and O–H groups in total. The number of unbranched alkanes of at least 4 members (excludes halogenated alkanes) is 1. The molecule has 0 aromatic rings. The molecule has 86 valence electrons. The molecule has 0 aliphatic heterocycles. The lowest BCUT2D eigenvalue weighted by Gasteiger charge is -2.28. The SMILES string of the molecule is C=CN(C(=C)/C=C\CCC)C1C=CC=CC1. The predicted octanol–water partition coefficient (Wildman–Crippen LogP) is 4.19. The van der Waals surface area contributed by atoms with E-state index in [-0.39, 0.29) is 0 Å². The monoisotopic (exact) mass is 215 g/mol. The zero-order valence-electron chi connectivity index (χ0n) is 10.1. The molecule has 0 aromatic heterocycles. The highest BCUT2D eigenvalue weighted by Gasteiger charge is 2.12. The van der Waals surface area contributed by atoms with Crippen molar-refractivity contribution in [2.45, 2.75) is 32.2 Å². The first-order chi connectivity index (χ1) is 7.79. The van der Waals surface area contributed by atoms with Crippen molar-refractivity contribution >= 4 is 0 Å². The van der Waals surface area contributed by atoms with E-state index in [4.69, 9.17) is 0 Å². The van der Waals surface area contributed by atoms with E-state index in [1.54, 1.807) is 0 Å². The normalized spacial score (nSPS) is 18.9. The van der Waals surface area contributed by atoms with E-state index in [1.165, 1.54) is 6.42 Å². The highest BCUT2D eigenvalue weighted by molar-refractivity contribution is 5.22. The van der Waals surface area contributed by atoms with Crippen molar-refractivity contribution in [2.24, 2.45) is 0 Å². The Labute approximate surface area is 99.2 Å². The lowest BCUT2D eigenvalue weighted by Crippen LogP contribution is -2.27. The first-order valence-electron chi connectivity index (χ1n) is 5.89. The lowest BCUT2D eigenvalue weighted by molar-refractivity contribution is 0.406. The molecule has 1 heteroatoms. The fourth-order valence-corrected chi connectivity index (χ4v) is 1.71. The topological polar surface area (TPSA) is 3.24 Å². The Bertz CT molecular complexity index is 320. The van der Waals surface area contributed by atoms with Crippen LogP contribution in [0.4, 0.5) is 0 Å². The van der Waals surface area contributed by atoms with Crippen LogP contribution < -0.4 is 0 Å². The predicted molar refractivity (Wildman–Crippen MR) is 71.9 cm³/mol. The summed E-state index contributed by atoms with van der Waals surface area (Å²) in [6, 6.07) is 0.362. The van der Waals surface area contributed by atoms with Crippen LogP contribution in [0, 0.1) is 0 Å². The third kappa shape index (κ3) is 3.58. The van der Waals surface area contributed by atoms with Crippen LogP contribution in [0.15, 0.2) is 61.5 Å². The third-order valence-electron chi connectivity index (χ3n) is 2.61. The summed E-state index contributed by atoms with van der Waals surface area (Å²) in [6.45, 7) is 10.1. The molecule has 0 fully saturated rings. The summed E-state index contributed by atoms with van der Waals surface area (Å²) >= 11 is 0. The molecule has 1 aliphatic rings. The van der Waals surface area contributed by atoms with E-state index >= 15 is 0 Å². The Morgan fingerprint density at radius 2 is 2.31 bits per heavy atom. The van der Waals surface area contributed by atoms with E-state index in [0.717, 1.165) is 18.5 Å². The molecule has 0 aromatic carbocycles. The van der Waals surface area contributed by atoms with Crippen molar-refractivity contribution in [3.63, 3.8) is 0 Å². The van der Waals surface area contributed by atoms with Crippen LogP contribution >= 0.6 is 0 Å². The smallest absolute Gasteiger partial charge is 0.0553 e. The molecule has 1 aliphatic carbocycles. The maximum atomic E-state index is 4.08. The first kappa shape index (κ1) is 12.6. The maximum Gasteiger partial charge on any atom is 0.0553 e. The second-order valence-corrected chi connectivity index (χ2v) is 3.89. The zero-order chi connectivity index (χ0) is 11.8. The lowest BCUT2D eigenvalue weighted by atomic mass is 10.1. The van der Waals surface area contributed by atoms with Gasteiger partial charge in [0, 0.05) is 5.70 Å². The highest BCUT2D eigenvalue weighted by atomic mass is 15.1. The van der Waals surface area contributed by atoms with Gasteiger partial charge in [-0.1, -0.05) is 56.9 Å². The van der Waals surface area contributed by atoms with Gasteiger partial charge in [-0.25, -0.2) is 0 Å². The van der Waals surface area contributed by atoms with Crippen molar-refractivity contribution in [1.29, 1.82) is 0 Å². The van der Waals surface area contributed by atoms with Gasteiger partial charge in [0.1, 0.15) is 0 Å². The molecule has 0 amide bonds. The van der Waals surface area contributed by atoms with Crippen molar-refractivity contribution in [3.05, 3.63) is 61.5 Å². The highest BCUT2D eigenvalue weighted by Crippen LogP contribution is 2.17. The molecule has 1 rings (SSSR count). The molecular formula is C15H21N. The Hall–Kier alpha value is -1.50. The average Bonchev–Trinajstić information content (AvgIpc) is 2.32. The second-order valence-electron chi connectivity index (χ2n) is 3.89. The molecule has 1 nitrogen and oxygen atoms in total. The van der Waals surface area contributed by atoms with E-state index in [0.29, 0.717) is 6.04 Å². The Kier molecular flexibility index (Phi) is 5.41. The molecule has 0 saturated heterocycles. The Balaban J connectivity index is 2.59. The molecular weight excluding hydrogens is 194 g/mol. The quantitative estimate of drug-likeness (QED) is 0.601. The van der Waals surface area contributed by atoms with Gasteiger partial charge in [-0.15, -0.1) is 0 Å². The van der Waals surface area contributed by atoms with Crippen LogP contribution in [0.3, 0.4) is 0 Å². The summed E-state index contributed by atoms with van der Waals surface area (Å²) < 4.78 is 0. The van der Waals surface area contributed by atoms with Crippen LogP contribution in [-0.4, -0.2) is 10.9 Å². The van der Waals surface area contributed by atoms with Crippen molar-refractivity contribution in [2.75, 3.05) is 0 Å². The van der Waals surface area contributed by atoms with E-state index in [1.807, 2.05) is 6.20 Å². The van der Waals surface area contributed by atoms with Gasteiger partial charge in [-0.3, -0.25) is 0 Å². The number of nitrogens with zero attached hydrogens (tertiary/aromatic N) is 1. The summed E-state index contributed by atoms with van der Waals surface area (Å²) in [7, 11) is 0. The van der Waals surface area contributed by atoms with Gasteiger partial charge in [-0.2, -0.15) is 0 Å². The van der Waals surface area contributed by atoms with Gasteiger partial charge in [0.25, 0.3) is 0 Å². The van der Waals surface area contributed by atoms with Gasteiger partial charge >= 0.3 is 0 Å². The molecule has 1 atom stereocenters. The Morgan fingerprint density at radius 1 is 1.50 bits per heavy atom. The summed E-state index contributed by atoms with van der Waals surface area (Å²) in [6.07, 6.45) is 17.9. The van der Waals surface area contributed by atoms with E-state index in [9.17, 15) is 0 Å². The summed E-state index contributed by atoms with van der Waals surface area (Å²) in [5.41, 5.74) is 1.01. The average molecular weight is 215 g/mol. The molecule has 0 saturated carbocycles. The summed E-state index contributed by atoms with van der Waals surface area (Å²) in [4.78, 5) is 2.12. The molecule has 0 bridgehead atoms. The summed E-state index contributed by atoms with van der Waals surface area (Å²) in [5, 5.41) is 0. The van der Waals surface area contributed by atoms with E-state index < -0.39 is 0 Å². The summed E-state index contributed by atoms with van der Waals surface area (Å²) in [5.74, 6) is 0. The number of hydrogen-bond acceptors (Lipinski definition) is 1. The molecule has 16 heavy (non-hydrogen) atoms. The number of allylic oxidation sites excluding steroid dienone is 4. The van der Waals surface area contributed by atoms with Crippen molar-refractivity contribution in [3.8, 4) is 0 Å². The maximum absolute atomic E-state index is 4.08. The van der Waals surface area contributed by atoms with Crippen LogP contribution in [-0.2, 0) is 0 Å². The van der Waals surface area contributed by atoms with Crippen LogP contribution in [0.1, 0.15) is 26.2 Å². The molecule has 0 radical (unpaired) electrons. The zero-order valence-corrected chi connectivity index (χ0v) is 10.1. The number of rotatable bonds is 6. The van der Waals surface area contributed by atoms with Gasteiger partial charge in [0.15, 0.2) is 0 Å². The minimum Gasteiger partial charge on any atom is -0.342 e. The van der Waals surface area contributed by atoms with Crippen LogP contribution in [0.5, 0.6) is 0 Å². The minimum absolute atomic E-state index is 0.362.